The number of hydrogen-bond acceptors (Lipinski definition) is 3. The molecule has 2 rings (SSSR count). The first-order valence-corrected chi connectivity index (χ1v) is 7.81. The fourth-order valence-electron chi connectivity index (χ4n) is 2.14. The van der Waals surface area contributed by atoms with E-state index in [0.29, 0.717) is 11.7 Å². The van der Waals surface area contributed by atoms with Crippen LogP contribution in [-0.4, -0.2) is 17.0 Å². The predicted molar refractivity (Wildman–Crippen MR) is 91.7 cm³/mol. The topological polar surface area (TPSA) is 79.5 Å². The van der Waals surface area contributed by atoms with Gasteiger partial charge in [0.1, 0.15) is 5.76 Å². The second kappa shape index (κ2) is 8.15. The first kappa shape index (κ1) is 17.5. The summed E-state index contributed by atoms with van der Waals surface area (Å²) in [5, 5.41) is 11.4. The lowest BCUT2D eigenvalue weighted by atomic mass is 10.0. The molecule has 5 heteroatoms. The smallest absolute Gasteiger partial charge is 0.371 e. The number of amides is 1. The zero-order valence-corrected chi connectivity index (χ0v) is 13.8. The summed E-state index contributed by atoms with van der Waals surface area (Å²) < 4.78 is 5.07. The van der Waals surface area contributed by atoms with Crippen LogP contribution in [0.25, 0.3) is 6.08 Å². The second-order valence-corrected chi connectivity index (χ2v) is 5.78. The summed E-state index contributed by atoms with van der Waals surface area (Å²) in [7, 11) is 0. The minimum absolute atomic E-state index is 0.135. The lowest BCUT2D eigenvalue weighted by Gasteiger charge is -2.04. The Labute approximate surface area is 141 Å². The molecule has 0 bridgehead atoms. The van der Waals surface area contributed by atoms with Crippen LogP contribution in [0.3, 0.4) is 0 Å². The molecule has 2 N–H and O–H groups in total. The van der Waals surface area contributed by atoms with Crippen molar-refractivity contribution in [3.05, 3.63) is 65.1 Å². The van der Waals surface area contributed by atoms with Gasteiger partial charge < -0.3 is 14.8 Å². The Morgan fingerprint density at radius 1 is 1.17 bits per heavy atom. The molecule has 1 aromatic carbocycles. The van der Waals surface area contributed by atoms with Crippen LogP contribution in [-0.2, 0) is 11.3 Å². The van der Waals surface area contributed by atoms with Gasteiger partial charge in [-0.3, -0.25) is 4.79 Å². The maximum Gasteiger partial charge on any atom is 0.371 e. The van der Waals surface area contributed by atoms with Gasteiger partial charge in [-0.15, -0.1) is 0 Å². The van der Waals surface area contributed by atoms with Gasteiger partial charge in [0.15, 0.2) is 0 Å². The van der Waals surface area contributed by atoms with Crippen molar-refractivity contribution in [2.24, 2.45) is 0 Å². The van der Waals surface area contributed by atoms with E-state index in [1.165, 1.54) is 17.7 Å². The van der Waals surface area contributed by atoms with E-state index in [9.17, 15) is 9.59 Å². The maximum absolute atomic E-state index is 11.8. The molecule has 0 fully saturated rings. The van der Waals surface area contributed by atoms with Crippen LogP contribution in [0.4, 0.5) is 0 Å². The molecule has 0 aliphatic carbocycles. The summed E-state index contributed by atoms with van der Waals surface area (Å²) in [5.41, 5.74) is 2.33. The minimum Gasteiger partial charge on any atom is -0.475 e. The van der Waals surface area contributed by atoms with Crippen molar-refractivity contribution >= 4 is 18.0 Å². The van der Waals surface area contributed by atoms with Gasteiger partial charge in [0.05, 0.1) is 6.54 Å². The highest BCUT2D eigenvalue weighted by Gasteiger charge is 2.09. The number of carbonyl (C=O) groups is 2. The van der Waals surface area contributed by atoms with E-state index in [1.54, 1.807) is 6.08 Å². The first-order valence-electron chi connectivity index (χ1n) is 7.81. The molecule has 5 nitrogen and oxygen atoms in total. The monoisotopic (exact) mass is 327 g/mol. The van der Waals surface area contributed by atoms with Crippen LogP contribution in [0.15, 0.2) is 46.9 Å². The van der Waals surface area contributed by atoms with Gasteiger partial charge in [-0.25, -0.2) is 4.79 Å². The maximum atomic E-state index is 11.8. The zero-order valence-electron chi connectivity index (χ0n) is 13.8. The highest BCUT2D eigenvalue weighted by atomic mass is 16.4. The number of aromatic carboxylic acids is 1. The molecule has 126 valence electrons. The SMILES string of the molecule is CC(C)c1ccc(/C=C/CC(=O)NCc2ccc(C(=O)O)o2)cc1. The molecule has 1 amide bonds. The molecule has 0 unspecified atom stereocenters. The van der Waals surface area contributed by atoms with Crippen LogP contribution in [0.2, 0.25) is 0 Å². The van der Waals surface area contributed by atoms with E-state index < -0.39 is 5.97 Å². The molecule has 1 heterocycles. The number of hydrogen-bond donors (Lipinski definition) is 2. The van der Waals surface area contributed by atoms with E-state index >= 15 is 0 Å². The van der Waals surface area contributed by atoms with Crippen LogP contribution in [0.1, 0.15) is 53.6 Å². The number of furan rings is 1. The third-order valence-corrected chi connectivity index (χ3v) is 3.55. The van der Waals surface area contributed by atoms with E-state index in [-0.39, 0.29) is 24.6 Å². The summed E-state index contributed by atoms with van der Waals surface area (Å²) in [6, 6.07) is 11.1. The molecule has 0 atom stereocenters. The molecule has 2 aromatic rings. The van der Waals surface area contributed by atoms with Gasteiger partial charge in [-0.1, -0.05) is 50.3 Å². The van der Waals surface area contributed by atoms with Gasteiger partial charge in [-0.05, 0) is 29.2 Å². The van der Waals surface area contributed by atoms with Crippen LogP contribution in [0, 0.1) is 0 Å². The Bertz CT molecular complexity index is 726. The molecule has 0 aliphatic rings. The van der Waals surface area contributed by atoms with Crippen molar-refractivity contribution in [2.75, 3.05) is 0 Å². The molecule has 0 aliphatic heterocycles. The number of nitrogens with one attached hydrogen (secondary N) is 1. The predicted octanol–water partition coefficient (Wildman–Crippen LogP) is 3.82. The fourth-order valence-corrected chi connectivity index (χ4v) is 2.14. The van der Waals surface area contributed by atoms with Crippen LogP contribution >= 0.6 is 0 Å². The van der Waals surface area contributed by atoms with Crippen molar-refractivity contribution in [1.29, 1.82) is 0 Å². The number of carboxylic acid groups (broad SMARTS) is 1. The molecular weight excluding hydrogens is 306 g/mol. The quantitative estimate of drug-likeness (QED) is 0.810. The van der Waals surface area contributed by atoms with E-state index in [4.69, 9.17) is 9.52 Å². The molecule has 1 aromatic heterocycles. The number of carboxylic acids is 1. The lowest BCUT2D eigenvalue weighted by molar-refractivity contribution is -0.120. The molecule has 0 saturated heterocycles. The zero-order chi connectivity index (χ0) is 17.5. The highest BCUT2D eigenvalue weighted by Crippen LogP contribution is 2.15. The average Bonchev–Trinajstić information content (AvgIpc) is 3.03. The fraction of sp³-hybridized carbons (Fsp3) is 0.263. The number of rotatable bonds is 7. The van der Waals surface area contributed by atoms with Gasteiger partial charge in [-0.2, -0.15) is 0 Å². The largest absolute Gasteiger partial charge is 0.475 e. The standard InChI is InChI=1S/C19H21NO4/c1-13(2)15-8-6-14(7-9-15)4-3-5-18(21)20-12-16-10-11-17(24-16)19(22)23/h3-4,6-11,13H,5,12H2,1-2H3,(H,20,21)(H,22,23)/b4-3+. The molecule has 24 heavy (non-hydrogen) atoms. The molecule has 0 saturated carbocycles. The molecule has 0 radical (unpaired) electrons. The van der Waals surface area contributed by atoms with Crippen molar-refractivity contribution in [1.82, 2.24) is 5.32 Å². The lowest BCUT2D eigenvalue weighted by Crippen LogP contribution is -2.21. The van der Waals surface area contributed by atoms with E-state index in [2.05, 4.69) is 31.3 Å². The second-order valence-electron chi connectivity index (χ2n) is 5.78. The summed E-state index contributed by atoms with van der Waals surface area (Å²) in [6.45, 7) is 4.46. The van der Waals surface area contributed by atoms with E-state index in [0.717, 1.165) is 5.56 Å². The van der Waals surface area contributed by atoms with E-state index in [1.807, 2.05) is 18.2 Å². The molecule has 0 spiro atoms. The molecular formula is C19H21NO4. The number of benzene rings is 1. The number of carbonyl (C=O) groups excluding carboxylic acids is 1. The van der Waals surface area contributed by atoms with Crippen molar-refractivity contribution in [3.8, 4) is 0 Å². The average molecular weight is 327 g/mol. The first-order chi connectivity index (χ1) is 11.5. The Morgan fingerprint density at radius 2 is 1.88 bits per heavy atom. The Balaban J connectivity index is 1.78. The van der Waals surface area contributed by atoms with Gasteiger partial charge in [0.2, 0.25) is 11.7 Å². The highest BCUT2D eigenvalue weighted by molar-refractivity contribution is 5.84. The normalized spacial score (nSPS) is 11.1. The third-order valence-electron chi connectivity index (χ3n) is 3.55. The van der Waals surface area contributed by atoms with Gasteiger partial charge >= 0.3 is 5.97 Å². The Hall–Kier alpha value is -2.82. The van der Waals surface area contributed by atoms with Crippen molar-refractivity contribution in [3.63, 3.8) is 0 Å². The summed E-state index contributed by atoms with van der Waals surface area (Å²) in [5.74, 6) is -0.507. The van der Waals surface area contributed by atoms with Gasteiger partial charge in [0, 0.05) is 6.42 Å². The summed E-state index contributed by atoms with van der Waals surface area (Å²) in [4.78, 5) is 22.5. The Kier molecular flexibility index (Phi) is 5.95. The third kappa shape index (κ3) is 5.12. The van der Waals surface area contributed by atoms with Gasteiger partial charge in [0.25, 0.3) is 0 Å². The van der Waals surface area contributed by atoms with Crippen molar-refractivity contribution < 1.29 is 19.1 Å². The van der Waals surface area contributed by atoms with Crippen LogP contribution in [0.5, 0.6) is 0 Å². The minimum atomic E-state index is -1.13. The van der Waals surface area contributed by atoms with Crippen molar-refractivity contribution in [2.45, 2.75) is 32.7 Å². The summed E-state index contributed by atoms with van der Waals surface area (Å²) >= 11 is 0. The summed E-state index contributed by atoms with van der Waals surface area (Å²) in [6.07, 6.45) is 3.95. The van der Waals surface area contributed by atoms with Crippen LogP contribution < -0.4 is 5.32 Å². The Morgan fingerprint density at radius 3 is 2.46 bits per heavy atom.